The Morgan fingerprint density at radius 2 is 2.07 bits per heavy atom. The van der Waals surface area contributed by atoms with Gasteiger partial charge in [-0.1, -0.05) is 12.1 Å². The zero-order valence-electron chi connectivity index (χ0n) is 14.8. The van der Waals surface area contributed by atoms with Crippen LogP contribution in [0.4, 0.5) is 0 Å². The number of thiazole rings is 1. The number of rotatable bonds is 6. The second-order valence-corrected chi connectivity index (χ2v) is 7.17. The van der Waals surface area contributed by atoms with Gasteiger partial charge in [-0.05, 0) is 12.1 Å². The third-order valence-corrected chi connectivity index (χ3v) is 5.43. The van der Waals surface area contributed by atoms with Crippen LogP contribution in [0.15, 0.2) is 30.5 Å². The summed E-state index contributed by atoms with van der Waals surface area (Å²) in [5, 5.41) is 10.0. The van der Waals surface area contributed by atoms with E-state index in [1.165, 1.54) is 0 Å². The number of hydrogen-bond acceptors (Lipinski definition) is 8. The van der Waals surface area contributed by atoms with E-state index < -0.39 is 0 Å². The molecule has 1 aromatic carbocycles. The van der Waals surface area contributed by atoms with Crippen molar-refractivity contribution >= 4 is 21.6 Å². The van der Waals surface area contributed by atoms with Crippen LogP contribution >= 0.6 is 11.3 Å². The number of morpholine rings is 1. The molecule has 0 unspecified atom stereocenters. The van der Waals surface area contributed by atoms with Crippen molar-refractivity contribution in [2.45, 2.75) is 6.42 Å². The van der Waals surface area contributed by atoms with Crippen LogP contribution in [0.5, 0.6) is 6.01 Å². The van der Waals surface area contributed by atoms with E-state index in [1.807, 2.05) is 24.3 Å². The molecular formula is C19H19N5O2S. The summed E-state index contributed by atoms with van der Waals surface area (Å²) in [4.78, 5) is 15.7. The van der Waals surface area contributed by atoms with Crippen molar-refractivity contribution < 1.29 is 9.47 Å². The molecule has 1 fully saturated rings. The highest BCUT2D eigenvalue weighted by Gasteiger charge is 2.15. The third-order valence-electron chi connectivity index (χ3n) is 4.36. The van der Waals surface area contributed by atoms with Crippen molar-refractivity contribution in [1.29, 1.82) is 5.26 Å². The van der Waals surface area contributed by atoms with Gasteiger partial charge in [-0.2, -0.15) is 10.2 Å². The van der Waals surface area contributed by atoms with E-state index in [0.717, 1.165) is 53.6 Å². The van der Waals surface area contributed by atoms with Gasteiger partial charge in [-0.3, -0.25) is 4.90 Å². The molecule has 0 N–H and O–H groups in total. The summed E-state index contributed by atoms with van der Waals surface area (Å²) in [6.07, 6.45) is 1.90. The molecule has 27 heavy (non-hydrogen) atoms. The first-order valence-electron chi connectivity index (χ1n) is 8.85. The lowest BCUT2D eigenvalue weighted by Gasteiger charge is -2.26. The second kappa shape index (κ2) is 8.39. The average molecular weight is 381 g/mol. The van der Waals surface area contributed by atoms with Gasteiger partial charge in [0.1, 0.15) is 11.6 Å². The quantitative estimate of drug-likeness (QED) is 0.649. The van der Waals surface area contributed by atoms with Crippen molar-refractivity contribution in [2.24, 2.45) is 0 Å². The predicted octanol–water partition coefficient (Wildman–Crippen LogP) is 2.53. The zero-order valence-corrected chi connectivity index (χ0v) is 15.6. The molecule has 3 heterocycles. The van der Waals surface area contributed by atoms with Gasteiger partial charge in [-0.25, -0.2) is 9.97 Å². The second-order valence-electron chi connectivity index (χ2n) is 6.14. The van der Waals surface area contributed by atoms with Crippen molar-refractivity contribution in [2.75, 3.05) is 39.5 Å². The largest absolute Gasteiger partial charge is 0.462 e. The smallest absolute Gasteiger partial charge is 0.316 e. The third kappa shape index (κ3) is 4.22. The Labute approximate surface area is 161 Å². The Bertz CT molecular complexity index is 929. The van der Waals surface area contributed by atoms with Crippen LogP contribution in [-0.2, 0) is 11.2 Å². The molecule has 0 saturated carbocycles. The number of nitriles is 1. The Hall–Kier alpha value is -2.60. The van der Waals surface area contributed by atoms with Gasteiger partial charge in [0.05, 0.1) is 47.2 Å². The molecule has 138 valence electrons. The highest BCUT2D eigenvalue weighted by molar-refractivity contribution is 7.21. The van der Waals surface area contributed by atoms with Gasteiger partial charge in [0, 0.05) is 25.8 Å². The molecule has 3 aromatic rings. The Morgan fingerprint density at radius 3 is 2.89 bits per heavy atom. The SMILES string of the molecule is N#CCc1nc(OCCN2CCOCC2)ncc1-c1nc2ccccc2s1. The van der Waals surface area contributed by atoms with Crippen LogP contribution in [0, 0.1) is 11.3 Å². The number of aromatic nitrogens is 3. The van der Waals surface area contributed by atoms with Crippen molar-refractivity contribution in [1.82, 2.24) is 19.9 Å². The summed E-state index contributed by atoms with van der Waals surface area (Å²) in [6, 6.07) is 10.4. The van der Waals surface area contributed by atoms with Gasteiger partial charge in [-0.15, -0.1) is 11.3 Å². The normalized spacial score (nSPS) is 14.9. The molecule has 1 aliphatic rings. The van der Waals surface area contributed by atoms with Crippen LogP contribution in [0.2, 0.25) is 0 Å². The Morgan fingerprint density at radius 1 is 1.22 bits per heavy atom. The van der Waals surface area contributed by atoms with Gasteiger partial charge in [0.2, 0.25) is 0 Å². The van der Waals surface area contributed by atoms with Crippen LogP contribution in [0.25, 0.3) is 20.8 Å². The van der Waals surface area contributed by atoms with E-state index >= 15 is 0 Å². The number of para-hydroxylation sites is 1. The van der Waals surface area contributed by atoms with Crippen LogP contribution < -0.4 is 4.74 Å². The van der Waals surface area contributed by atoms with Crippen LogP contribution in [0.1, 0.15) is 5.69 Å². The molecule has 4 rings (SSSR count). The predicted molar refractivity (Wildman–Crippen MR) is 103 cm³/mol. The van der Waals surface area contributed by atoms with Crippen LogP contribution in [-0.4, -0.2) is 59.3 Å². The molecule has 7 nitrogen and oxygen atoms in total. The lowest BCUT2D eigenvalue weighted by Crippen LogP contribution is -2.38. The molecule has 8 heteroatoms. The average Bonchev–Trinajstić information content (AvgIpc) is 3.13. The lowest BCUT2D eigenvalue weighted by atomic mass is 10.2. The van der Waals surface area contributed by atoms with Crippen molar-refractivity contribution in [3.63, 3.8) is 0 Å². The number of nitrogens with zero attached hydrogens (tertiary/aromatic N) is 5. The molecule has 1 aliphatic heterocycles. The van der Waals surface area contributed by atoms with E-state index in [4.69, 9.17) is 9.47 Å². The summed E-state index contributed by atoms with van der Waals surface area (Å²) in [7, 11) is 0. The van der Waals surface area contributed by atoms with Gasteiger partial charge < -0.3 is 9.47 Å². The number of benzene rings is 1. The molecule has 0 amide bonds. The standard InChI is InChI=1S/C19H19N5O2S/c20-6-5-15-14(18-22-16-3-1-2-4-17(16)27-18)13-21-19(23-15)26-12-9-24-7-10-25-11-8-24/h1-4,13H,5,7-12H2. The van der Waals surface area contributed by atoms with Crippen molar-refractivity contribution in [3.8, 4) is 22.7 Å². The fourth-order valence-corrected chi connectivity index (χ4v) is 3.93. The van der Waals surface area contributed by atoms with E-state index in [2.05, 4.69) is 25.9 Å². The van der Waals surface area contributed by atoms with Crippen LogP contribution in [0.3, 0.4) is 0 Å². The minimum atomic E-state index is 0.188. The fourth-order valence-electron chi connectivity index (χ4n) is 2.93. The molecule has 0 atom stereocenters. The fraction of sp³-hybridized carbons (Fsp3) is 0.368. The first kappa shape index (κ1) is 17.8. The molecule has 2 aromatic heterocycles. The maximum atomic E-state index is 9.18. The highest BCUT2D eigenvalue weighted by atomic mass is 32.1. The van der Waals surface area contributed by atoms with E-state index in [1.54, 1.807) is 17.5 Å². The van der Waals surface area contributed by atoms with Crippen molar-refractivity contribution in [3.05, 3.63) is 36.2 Å². The summed E-state index contributed by atoms with van der Waals surface area (Å²) < 4.78 is 12.2. The Balaban J connectivity index is 1.50. The first-order chi connectivity index (χ1) is 13.3. The number of fused-ring (bicyclic) bond motifs is 1. The summed E-state index contributed by atoms with van der Waals surface area (Å²) in [5.41, 5.74) is 2.37. The van der Waals surface area contributed by atoms with Gasteiger partial charge in [0.25, 0.3) is 0 Å². The topological polar surface area (TPSA) is 84.2 Å². The summed E-state index contributed by atoms with van der Waals surface area (Å²) in [5.74, 6) is 0. The Kier molecular flexibility index (Phi) is 5.53. The lowest BCUT2D eigenvalue weighted by molar-refractivity contribution is 0.0317. The van der Waals surface area contributed by atoms with E-state index in [-0.39, 0.29) is 6.42 Å². The number of ether oxygens (including phenoxy) is 2. The monoisotopic (exact) mass is 381 g/mol. The van der Waals surface area contributed by atoms with E-state index in [0.29, 0.717) is 18.3 Å². The summed E-state index contributed by atoms with van der Waals surface area (Å²) in [6.45, 7) is 4.67. The molecule has 0 bridgehead atoms. The summed E-state index contributed by atoms with van der Waals surface area (Å²) >= 11 is 1.57. The molecule has 0 radical (unpaired) electrons. The minimum Gasteiger partial charge on any atom is -0.462 e. The molecule has 0 spiro atoms. The molecular weight excluding hydrogens is 362 g/mol. The first-order valence-corrected chi connectivity index (χ1v) is 9.67. The highest BCUT2D eigenvalue weighted by Crippen LogP contribution is 2.31. The van der Waals surface area contributed by atoms with Gasteiger partial charge >= 0.3 is 6.01 Å². The van der Waals surface area contributed by atoms with E-state index in [9.17, 15) is 5.26 Å². The van der Waals surface area contributed by atoms with Gasteiger partial charge in [0.15, 0.2) is 0 Å². The maximum Gasteiger partial charge on any atom is 0.316 e. The maximum absolute atomic E-state index is 9.18. The zero-order chi connectivity index (χ0) is 18.5. The number of hydrogen-bond donors (Lipinski definition) is 0. The molecule has 0 aliphatic carbocycles. The minimum absolute atomic E-state index is 0.188. The molecule has 1 saturated heterocycles.